The highest BCUT2D eigenvalue weighted by Crippen LogP contribution is 2.45. The molecule has 0 aliphatic rings. The first-order chi connectivity index (χ1) is 23.9. The molecule has 0 aromatic heterocycles. The molecule has 0 heteroatoms. The van der Waals surface area contributed by atoms with Crippen LogP contribution in [0.3, 0.4) is 0 Å². The van der Waals surface area contributed by atoms with Crippen molar-refractivity contribution in [1.82, 2.24) is 0 Å². The topological polar surface area (TPSA) is 0 Å². The molecule has 0 atom stereocenters. The molecule has 0 aliphatic heterocycles. The SMILES string of the molecule is CC(=C(c1c(C)c(C)c(C)c(C)c1C)c1c(C)c(C)c(C)c(C)c1C)c1c(C)c(C)c(C)c(C)c1C.CC(C)=C(C)c1c(C)c(C)c(C)c(C)c1C. The first-order valence-electron chi connectivity index (χ1n) is 19.5. The van der Waals surface area contributed by atoms with E-state index in [-0.39, 0.29) is 0 Å². The fraction of sp³-hybridized carbons (Fsp3) is 0.462. The Labute approximate surface area is 320 Å². The molecular weight excluding hydrogens is 625 g/mol. The van der Waals surface area contributed by atoms with Crippen LogP contribution in [0.2, 0.25) is 0 Å². The van der Waals surface area contributed by atoms with Gasteiger partial charge in [0.05, 0.1) is 0 Å². The van der Waals surface area contributed by atoms with E-state index in [9.17, 15) is 0 Å². The standard InChI is InChI=1S/C36H48.C16H24/c1-17-20(4)26(10)33(27(11)21(17)5)32(16)36(34-28(12)22(6)18(2)23(7)29(34)13)35-30(14)24(8)19(3)25(9)31(35)15;1-9(2)10(3)16-14(7)12(5)11(4)13(6)15(16)8/h1-16H3;1-8H3. The zero-order valence-corrected chi connectivity index (χ0v) is 38.0. The second kappa shape index (κ2) is 15.8. The van der Waals surface area contributed by atoms with Gasteiger partial charge in [0.2, 0.25) is 0 Å². The van der Waals surface area contributed by atoms with E-state index in [1.165, 1.54) is 156 Å². The summed E-state index contributed by atoms with van der Waals surface area (Å²) in [6, 6.07) is 0. The van der Waals surface area contributed by atoms with Crippen molar-refractivity contribution in [2.24, 2.45) is 0 Å². The van der Waals surface area contributed by atoms with Crippen LogP contribution in [0.1, 0.15) is 161 Å². The Morgan fingerprint density at radius 3 is 0.538 bits per heavy atom. The van der Waals surface area contributed by atoms with E-state index in [2.05, 4.69) is 166 Å². The molecule has 0 unspecified atom stereocenters. The summed E-state index contributed by atoms with van der Waals surface area (Å²) < 4.78 is 0. The Morgan fingerprint density at radius 1 is 0.192 bits per heavy atom. The smallest absolute Gasteiger partial charge is 0.00649 e. The minimum Gasteiger partial charge on any atom is -0.0729 e. The number of rotatable bonds is 4. The Morgan fingerprint density at radius 2 is 0.346 bits per heavy atom. The highest BCUT2D eigenvalue weighted by molar-refractivity contribution is 6.03. The number of allylic oxidation sites excluding steroid dienone is 3. The minimum atomic E-state index is 1.40. The van der Waals surface area contributed by atoms with Gasteiger partial charge in [0.25, 0.3) is 0 Å². The van der Waals surface area contributed by atoms with Gasteiger partial charge in [0.1, 0.15) is 0 Å². The van der Waals surface area contributed by atoms with Gasteiger partial charge >= 0.3 is 0 Å². The number of hydrogen-bond acceptors (Lipinski definition) is 0. The average molecular weight is 697 g/mol. The lowest BCUT2D eigenvalue weighted by Gasteiger charge is -2.29. The van der Waals surface area contributed by atoms with E-state index in [0.29, 0.717) is 0 Å². The van der Waals surface area contributed by atoms with Crippen LogP contribution in [0.15, 0.2) is 5.57 Å². The maximum atomic E-state index is 2.38. The van der Waals surface area contributed by atoms with E-state index in [1.807, 2.05) is 0 Å². The molecule has 0 N–H and O–H groups in total. The predicted octanol–water partition coefficient (Wildman–Crippen LogP) is 15.3. The van der Waals surface area contributed by atoms with Crippen LogP contribution in [0, 0.1) is 138 Å². The van der Waals surface area contributed by atoms with Crippen LogP contribution >= 0.6 is 0 Å². The van der Waals surface area contributed by atoms with Crippen molar-refractivity contribution in [3.63, 3.8) is 0 Å². The molecule has 0 saturated carbocycles. The molecule has 280 valence electrons. The Kier molecular flexibility index (Phi) is 13.0. The second-order valence-electron chi connectivity index (χ2n) is 16.6. The molecule has 0 radical (unpaired) electrons. The van der Waals surface area contributed by atoms with Crippen molar-refractivity contribution in [2.45, 2.75) is 166 Å². The minimum absolute atomic E-state index is 1.40. The van der Waals surface area contributed by atoms with Crippen LogP contribution in [0.4, 0.5) is 0 Å². The molecular formula is C52H72. The largest absolute Gasteiger partial charge is 0.0729 e. The summed E-state index contributed by atoms with van der Waals surface area (Å²) in [5.74, 6) is 0. The lowest BCUT2D eigenvalue weighted by molar-refractivity contribution is 1.13. The van der Waals surface area contributed by atoms with Gasteiger partial charge in [-0.2, -0.15) is 0 Å². The highest BCUT2D eigenvalue weighted by atomic mass is 14.3. The summed E-state index contributed by atoms with van der Waals surface area (Å²) in [5, 5.41) is 0. The summed E-state index contributed by atoms with van der Waals surface area (Å²) in [6.07, 6.45) is 0. The summed E-state index contributed by atoms with van der Waals surface area (Å²) in [7, 11) is 0. The van der Waals surface area contributed by atoms with E-state index in [1.54, 1.807) is 0 Å². The zero-order chi connectivity index (χ0) is 40.2. The van der Waals surface area contributed by atoms with Crippen LogP contribution in [-0.2, 0) is 0 Å². The molecule has 0 spiro atoms. The number of benzene rings is 4. The molecule has 0 aliphatic carbocycles. The molecule has 0 heterocycles. The summed E-state index contributed by atoms with van der Waals surface area (Å²) in [6.45, 7) is 54.8. The van der Waals surface area contributed by atoms with Crippen molar-refractivity contribution in [1.29, 1.82) is 0 Å². The molecule has 4 aromatic rings. The fourth-order valence-corrected chi connectivity index (χ4v) is 8.75. The van der Waals surface area contributed by atoms with Crippen molar-refractivity contribution in [3.8, 4) is 0 Å². The van der Waals surface area contributed by atoms with Gasteiger partial charge in [-0.3, -0.25) is 0 Å². The van der Waals surface area contributed by atoms with Gasteiger partial charge in [0, 0.05) is 0 Å². The lowest BCUT2D eigenvalue weighted by Crippen LogP contribution is -2.10. The first kappa shape index (κ1) is 42.8. The highest BCUT2D eigenvalue weighted by Gasteiger charge is 2.26. The van der Waals surface area contributed by atoms with Crippen LogP contribution < -0.4 is 0 Å². The molecule has 0 fully saturated rings. The molecule has 4 aromatic carbocycles. The maximum absolute atomic E-state index is 2.38. The molecule has 0 saturated heterocycles. The Bertz CT molecular complexity index is 1990. The van der Waals surface area contributed by atoms with E-state index in [4.69, 9.17) is 0 Å². The summed E-state index contributed by atoms with van der Waals surface area (Å²) in [4.78, 5) is 0. The van der Waals surface area contributed by atoms with Gasteiger partial charge in [-0.1, -0.05) is 5.57 Å². The quantitative estimate of drug-likeness (QED) is 0.186. The average Bonchev–Trinajstić information content (AvgIpc) is 3.10. The summed E-state index contributed by atoms with van der Waals surface area (Å²) >= 11 is 0. The second-order valence-corrected chi connectivity index (χ2v) is 16.6. The third-order valence-corrected chi connectivity index (χ3v) is 14.4. The van der Waals surface area contributed by atoms with E-state index >= 15 is 0 Å². The number of hydrogen-bond donors (Lipinski definition) is 0. The van der Waals surface area contributed by atoms with Crippen molar-refractivity contribution < 1.29 is 0 Å². The molecule has 4 rings (SSSR count). The van der Waals surface area contributed by atoms with Gasteiger partial charge < -0.3 is 0 Å². The van der Waals surface area contributed by atoms with Crippen molar-refractivity contribution >= 4 is 16.7 Å². The first-order valence-corrected chi connectivity index (χ1v) is 19.5. The predicted molar refractivity (Wildman–Crippen MR) is 236 cm³/mol. The fourth-order valence-electron chi connectivity index (χ4n) is 8.75. The van der Waals surface area contributed by atoms with Crippen molar-refractivity contribution in [2.75, 3.05) is 0 Å². The molecule has 0 amide bonds. The van der Waals surface area contributed by atoms with Gasteiger partial charge in [-0.15, -0.1) is 0 Å². The van der Waals surface area contributed by atoms with Crippen LogP contribution in [0.25, 0.3) is 16.7 Å². The van der Waals surface area contributed by atoms with Crippen molar-refractivity contribution in [3.05, 3.63) is 139 Å². The molecule has 52 heavy (non-hydrogen) atoms. The third-order valence-electron chi connectivity index (χ3n) is 14.4. The maximum Gasteiger partial charge on any atom is -0.00649 e. The van der Waals surface area contributed by atoms with Gasteiger partial charge in [-0.25, -0.2) is 0 Å². The Hall–Kier alpha value is -3.64. The normalized spacial score (nSPS) is 11.1. The van der Waals surface area contributed by atoms with Gasteiger partial charge in [0.15, 0.2) is 0 Å². The van der Waals surface area contributed by atoms with Crippen LogP contribution in [-0.4, -0.2) is 0 Å². The third kappa shape index (κ3) is 7.05. The van der Waals surface area contributed by atoms with Gasteiger partial charge in [-0.05, 0) is 316 Å². The van der Waals surface area contributed by atoms with E-state index in [0.717, 1.165) is 0 Å². The monoisotopic (exact) mass is 697 g/mol. The zero-order valence-electron chi connectivity index (χ0n) is 38.0. The Balaban J connectivity index is 0.000000381. The molecule has 0 bridgehead atoms. The molecule has 0 nitrogen and oxygen atoms in total. The van der Waals surface area contributed by atoms with Crippen LogP contribution in [0.5, 0.6) is 0 Å². The van der Waals surface area contributed by atoms with E-state index < -0.39 is 0 Å². The lowest BCUT2D eigenvalue weighted by atomic mass is 9.75. The summed E-state index contributed by atoms with van der Waals surface area (Å²) in [5.41, 5.74) is 39.9.